The number of rotatable bonds is 10. The van der Waals surface area contributed by atoms with Gasteiger partial charge < -0.3 is 49.5 Å². The summed E-state index contributed by atoms with van der Waals surface area (Å²) in [5.41, 5.74) is 6.48. The highest BCUT2D eigenvalue weighted by Crippen LogP contribution is 2.56. The number of ether oxygens (including phenoxy) is 5. The van der Waals surface area contributed by atoms with E-state index in [4.69, 9.17) is 34.4 Å². The lowest BCUT2D eigenvalue weighted by Gasteiger charge is -2.57. The average Bonchev–Trinajstić information content (AvgIpc) is 4.06. The number of nitrogens with two attached hydrogens (primary N) is 1. The van der Waals surface area contributed by atoms with E-state index in [9.17, 15) is 14.9 Å². The van der Waals surface area contributed by atoms with Crippen molar-refractivity contribution in [1.82, 2.24) is 14.9 Å². The first-order chi connectivity index (χ1) is 34.7. The standard InChI is InChI=1S/C51H59FN8O10S2/c1-29(2)33-7-20-71-45(33)39-26-68-19-15-58(39)31-24-50(25-31)8-13-57(14-9-50)36-4-3-34(47(53)61)44(59-35-6-16-67-27-41(35)70-49-38(59)21-30-5-12-54-48(30)56-49)46(36)72(64,65)32-22-37(60(62)63)43-40(23-32)69-28-42(55-43)51(52)10-17-66-18-11-51/h3-5,7,12,20-23,29,31,35,39,41-42,55H,6,8-11,13-19,24-28H2,1-2H3,(H2,53,61)(H,54,56)/t35-,39-,41-,42-/m0/s1. The van der Waals surface area contributed by atoms with E-state index < -0.39 is 55.1 Å². The predicted molar refractivity (Wildman–Crippen MR) is 268 cm³/mol. The number of carbonyl (C=O) groups is 1. The maximum Gasteiger partial charge on any atom is 0.297 e. The van der Waals surface area contributed by atoms with Crippen LogP contribution in [0.3, 0.4) is 0 Å². The number of hydrogen-bond acceptors (Lipinski definition) is 16. The third-order valence-corrected chi connectivity index (χ3v) is 19.3. The predicted octanol–water partition coefficient (Wildman–Crippen LogP) is 7.79. The zero-order chi connectivity index (χ0) is 49.7. The molecule has 3 aromatic heterocycles. The van der Waals surface area contributed by atoms with Gasteiger partial charge in [0.25, 0.3) is 11.6 Å². The van der Waals surface area contributed by atoms with Crippen LogP contribution in [0.1, 0.15) is 91.6 Å². The summed E-state index contributed by atoms with van der Waals surface area (Å²) in [6.45, 7) is 8.38. The highest BCUT2D eigenvalue weighted by atomic mass is 32.2. The number of nitrogens with zero attached hydrogens (tertiary/aromatic N) is 5. The zero-order valence-corrected chi connectivity index (χ0v) is 41.9. The number of nitrogens with one attached hydrogen (secondary N) is 2. The number of amides is 1. The Balaban J connectivity index is 0.953. The van der Waals surface area contributed by atoms with E-state index >= 15 is 12.8 Å². The zero-order valence-electron chi connectivity index (χ0n) is 40.3. The van der Waals surface area contributed by atoms with Gasteiger partial charge in [0, 0.05) is 86.9 Å². The molecule has 4 saturated heterocycles. The number of nitro benzene ring substituents is 1. The molecule has 0 unspecified atom stereocenters. The number of hydrogen-bond donors (Lipinski definition) is 3. The fraction of sp³-hybridized carbons (Fsp3) is 0.529. The molecule has 2 aromatic carbocycles. The highest BCUT2D eigenvalue weighted by Gasteiger charge is 2.52. The number of carbonyl (C=O) groups excluding carboxylic acids is 1. The molecule has 1 amide bonds. The van der Waals surface area contributed by atoms with E-state index in [1.165, 1.54) is 16.5 Å². The molecule has 4 atom stereocenters. The second kappa shape index (κ2) is 18.1. The lowest BCUT2D eigenvalue weighted by molar-refractivity contribution is -0.384. The van der Waals surface area contributed by atoms with Gasteiger partial charge in [-0.3, -0.25) is 19.8 Å². The Morgan fingerprint density at radius 1 is 0.972 bits per heavy atom. The quantitative estimate of drug-likeness (QED) is 0.0899. The number of nitro groups is 1. The van der Waals surface area contributed by atoms with Crippen LogP contribution in [0.25, 0.3) is 11.0 Å². The van der Waals surface area contributed by atoms with Gasteiger partial charge in [0.2, 0.25) is 15.7 Å². The SMILES string of the molecule is CC(C)c1ccsc1[C@@H]1COCCN1C1CC2(CCN(c3ccc(C(N)=O)c(N4c5cc6cc[nH]c6nc5O[C@H]5COCC[C@@H]54)c3S(=O)(=O)c3cc4c(c([N+](=O)[O-])c3)N[C@H](C3(F)CCOCC3)CO4)CC2)C1. The summed E-state index contributed by atoms with van der Waals surface area (Å²) in [7, 11) is -4.85. The molecule has 9 heterocycles. The number of piperidine rings is 1. The molecule has 5 fully saturated rings. The van der Waals surface area contributed by atoms with Crippen LogP contribution in [-0.4, -0.2) is 130 Å². The Labute approximate surface area is 420 Å². The van der Waals surface area contributed by atoms with Crippen molar-refractivity contribution in [1.29, 1.82) is 0 Å². The number of H-pyrrole nitrogens is 1. The average molecular weight is 1030 g/mol. The molecule has 4 N–H and O–H groups in total. The number of benzene rings is 2. The van der Waals surface area contributed by atoms with Crippen molar-refractivity contribution in [3.05, 3.63) is 80.2 Å². The van der Waals surface area contributed by atoms with Gasteiger partial charge in [0.05, 0.1) is 64.7 Å². The lowest BCUT2D eigenvalue weighted by atomic mass is 9.59. The third kappa shape index (κ3) is 7.96. The van der Waals surface area contributed by atoms with Crippen molar-refractivity contribution in [2.75, 3.05) is 81.0 Å². The Kier molecular flexibility index (Phi) is 11.9. The molecule has 5 aromatic rings. The number of fused-ring (bicyclic) bond motifs is 4. The van der Waals surface area contributed by atoms with Crippen LogP contribution < -0.4 is 30.3 Å². The van der Waals surface area contributed by atoms with Gasteiger partial charge in [-0.2, -0.15) is 4.98 Å². The van der Waals surface area contributed by atoms with E-state index in [-0.39, 0.29) is 84.2 Å². The van der Waals surface area contributed by atoms with E-state index in [0.29, 0.717) is 68.3 Å². The molecule has 6 aliphatic heterocycles. The molecule has 21 heteroatoms. The molecule has 1 saturated carbocycles. The number of anilines is 4. The van der Waals surface area contributed by atoms with Gasteiger partial charge in [0.15, 0.2) is 11.4 Å². The smallest absolute Gasteiger partial charge is 0.297 e. The van der Waals surface area contributed by atoms with E-state index in [0.717, 1.165) is 43.7 Å². The van der Waals surface area contributed by atoms with E-state index in [1.807, 2.05) is 28.4 Å². The molecule has 0 radical (unpaired) electrons. The second-order valence-corrected chi connectivity index (χ2v) is 23.7. The number of aromatic amines is 1. The first-order valence-electron chi connectivity index (χ1n) is 25.1. The minimum atomic E-state index is -4.85. The van der Waals surface area contributed by atoms with Gasteiger partial charge in [-0.25, -0.2) is 12.8 Å². The van der Waals surface area contributed by atoms with Crippen molar-refractivity contribution in [2.24, 2.45) is 11.1 Å². The van der Waals surface area contributed by atoms with Crippen molar-refractivity contribution in [3.63, 3.8) is 0 Å². The first-order valence-corrected chi connectivity index (χ1v) is 27.5. The Morgan fingerprint density at radius 2 is 1.76 bits per heavy atom. The van der Waals surface area contributed by atoms with Crippen LogP contribution in [0.5, 0.6) is 11.6 Å². The summed E-state index contributed by atoms with van der Waals surface area (Å²) in [6.07, 6.45) is 5.27. The van der Waals surface area contributed by atoms with Crippen LogP contribution in [0.2, 0.25) is 0 Å². The summed E-state index contributed by atoms with van der Waals surface area (Å²) in [4.78, 5) is 41.4. The minimum absolute atomic E-state index is 0.0215. The fourth-order valence-electron chi connectivity index (χ4n) is 12.6. The first kappa shape index (κ1) is 47.4. The molecule has 7 aliphatic rings. The number of pyridine rings is 1. The third-order valence-electron chi connectivity index (χ3n) is 16.5. The van der Waals surface area contributed by atoms with Crippen LogP contribution in [0.15, 0.2) is 63.8 Å². The lowest BCUT2D eigenvalue weighted by Crippen LogP contribution is -2.58. The molecule has 72 heavy (non-hydrogen) atoms. The van der Waals surface area contributed by atoms with E-state index in [1.54, 1.807) is 18.3 Å². The number of aromatic nitrogens is 2. The van der Waals surface area contributed by atoms with Crippen molar-refractivity contribution in [2.45, 2.75) is 110 Å². The van der Waals surface area contributed by atoms with Crippen LogP contribution in [-0.2, 0) is 24.0 Å². The molecule has 12 rings (SSSR count). The second-order valence-electron chi connectivity index (χ2n) is 20.9. The maximum absolute atomic E-state index is 16.3. The molecular formula is C51H59FN8O10S2. The summed E-state index contributed by atoms with van der Waals surface area (Å²) in [5.74, 6) is -0.359. The number of alkyl halides is 1. The summed E-state index contributed by atoms with van der Waals surface area (Å²) < 4.78 is 78.6. The number of sulfone groups is 1. The largest absolute Gasteiger partial charge is 0.489 e. The summed E-state index contributed by atoms with van der Waals surface area (Å²) in [5, 5.41) is 19.0. The summed E-state index contributed by atoms with van der Waals surface area (Å²) >= 11 is 1.81. The number of morpholine rings is 1. The van der Waals surface area contributed by atoms with Crippen LogP contribution >= 0.6 is 11.3 Å². The van der Waals surface area contributed by atoms with Gasteiger partial charge in [0.1, 0.15) is 34.6 Å². The van der Waals surface area contributed by atoms with Gasteiger partial charge in [-0.1, -0.05) is 13.8 Å². The highest BCUT2D eigenvalue weighted by molar-refractivity contribution is 7.91. The fourth-order valence-corrected chi connectivity index (χ4v) is 15.4. The maximum atomic E-state index is 16.3. The normalized spacial score (nSPS) is 25.2. The van der Waals surface area contributed by atoms with Crippen molar-refractivity contribution < 1.29 is 46.2 Å². The molecule has 18 nitrogen and oxygen atoms in total. The molecule has 1 spiro atoms. The molecule has 382 valence electrons. The van der Waals surface area contributed by atoms with Crippen molar-refractivity contribution >= 4 is 66.6 Å². The number of halogens is 1. The Morgan fingerprint density at radius 3 is 2.53 bits per heavy atom. The number of thiophene rings is 1. The van der Waals surface area contributed by atoms with Gasteiger partial charge in [-0.15, -0.1) is 11.3 Å². The Bertz CT molecular complexity index is 3050. The monoisotopic (exact) mass is 1030 g/mol. The Hall–Kier alpha value is -5.58. The topological polar surface area (TPSA) is 217 Å². The van der Waals surface area contributed by atoms with Gasteiger partial charge in [-0.05, 0) is 84.7 Å². The van der Waals surface area contributed by atoms with Crippen LogP contribution in [0.4, 0.5) is 32.8 Å². The summed E-state index contributed by atoms with van der Waals surface area (Å²) in [6, 6.07) is 10.5. The number of primary amides is 1. The van der Waals surface area contributed by atoms with Gasteiger partial charge >= 0.3 is 0 Å². The molecule has 0 bridgehead atoms. The minimum Gasteiger partial charge on any atom is -0.489 e. The molecular weight excluding hydrogens is 968 g/mol. The van der Waals surface area contributed by atoms with Crippen LogP contribution in [0, 0.1) is 15.5 Å². The van der Waals surface area contributed by atoms with E-state index in [2.05, 4.69) is 45.4 Å². The van der Waals surface area contributed by atoms with Crippen molar-refractivity contribution in [3.8, 4) is 11.6 Å². The molecule has 1 aliphatic carbocycles.